The molecule has 0 unspecified atom stereocenters. The number of nitrogens with one attached hydrogen (secondary N) is 1. The first-order chi connectivity index (χ1) is 15.0. The number of H-pyrrole nitrogens is 1. The Bertz CT molecular complexity index is 1110. The largest absolute Gasteiger partial charge is 0.398 e. The highest BCUT2D eigenvalue weighted by atomic mass is 16.2. The van der Waals surface area contributed by atoms with Gasteiger partial charge in [-0.1, -0.05) is 24.3 Å². The number of nitrogens with two attached hydrogens (primary N) is 1. The molecule has 8 nitrogen and oxygen atoms in total. The Kier molecular flexibility index (Phi) is 5.41. The van der Waals surface area contributed by atoms with Gasteiger partial charge in [0.2, 0.25) is 0 Å². The van der Waals surface area contributed by atoms with E-state index in [1.165, 1.54) is 11.0 Å². The number of amides is 2. The van der Waals surface area contributed by atoms with E-state index in [0.717, 1.165) is 0 Å². The second-order valence-electron chi connectivity index (χ2n) is 7.42. The van der Waals surface area contributed by atoms with Crippen molar-refractivity contribution in [3.05, 3.63) is 71.9 Å². The molecule has 3 aromatic rings. The van der Waals surface area contributed by atoms with E-state index in [4.69, 9.17) is 5.73 Å². The van der Waals surface area contributed by atoms with Crippen LogP contribution in [0, 0.1) is 12.3 Å². The van der Waals surface area contributed by atoms with E-state index >= 15 is 0 Å². The van der Waals surface area contributed by atoms with Crippen molar-refractivity contribution < 1.29 is 14.4 Å². The first-order valence-corrected chi connectivity index (χ1v) is 9.89. The van der Waals surface area contributed by atoms with Crippen LogP contribution < -0.4 is 5.73 Å². The molecular weight excluding hydrogens is 394 g/mol. The second kappa shape index (κ2) is 8.32. The van der Waals surface area contributed by atoms with Crippen LogP contribution in [0.1, 0.15) is 27.6 Å². The number of aromatic amines is 1. The third-order valence-corrected chi connectivity index (χ3v) is 5.36. The Balaban J connectivity index is 1.45. The van der Waals surface area contributed by atoms with E-state index in [1.807, 2.05) is 25.1 Å². The number of piperazine rings is 1. The lowest BCUT2D eigenvalue weighted by atomic mass is 10.0. The molecule has 0 bridgehead atoms. The summed E-state index contributed by atoms with van der Waals surface area (Å²) in [7, 11) is 0. The predicted molar refractivity (Wildman–Crippen MR) is 114 cm³/mol. The van der Waals surface area contributed by atoms with Crippen molar-refractivity contribution in [1.82, 2.24) is 20.0 Å². The number of aromatic nitrogens is 2. The van der Waals surface area contributed by atoms with Crippen LogP contribution in [0.4, 0.5) is 5.69 Å². The third-order valence-electron chi connectivity index (χ3n) is 5.36. The van der Waals surface area contributed by atoms with Crippen LogP contribution >= 0.6 is 0 Å². The van der Waals surface area contributed by atoms with E-state index in [-0.39, 0.29) is 29.7 Å². The van der Waals surface area contributed by atoms with Gasteiger partial charge in [0.25, 0.3) is 17.6 Å². The Hall–Kier alpha value is -4.12. The fourth-order valence-electron chi connectivity index (χ4n) is 3.71. The van der Waals surface area contributed by atoms with Crippen LogP contribution in [-0.2, 0) is 4.79 Å². The molecule has 8 heteroatoms. The summed E-state index contributed by atoms with van der Waals surface area (Å²) in [4.78, 5) is 41.6. The third kappa shape index (κ3) is 3.98. The highest BCUT2D eigenvalue weighted by Gasteiger charge is 2.34. The van der Waals surface area contributed by atoms with Crippen LogP contribution in [0.2, 0.25) is 0 Å². The average molecular weight is 415 g/mol. The summed E-state index contributed by atoms with van der Waals surface area (Å²) < 4.78 is 0. The van der Waals surface area contributed by atoms with E-state index in [9.17, 15) is 14.4 Å². The number of ketones is 1. The number of anilines is 1. The van der Waals surface area contributed by atoms with E-state index in [0.29, 0.717) is 29.9 Å². The number of rotatable bonds is 4. The summed E-state index contributed by atoms with van der Waals surface area (Å²) in [6.07, 6.45) is 2.62. The Labute approximate surface area is 179 Å². The summed E-state index contributed by atoms with van der Waals surface area (Å²) in [6.45, 7) is 2.82. The minimum Gasteiger partial charge on any atom is -0.398 e. The number of benzene rings is 2. The zero-order valence-electron chi connectivity index (χ0n) is 17.0. The standard InChI is InChI=1S/C23H21N5O3/c1-15-14-27(22(30)16-5-3-2-4-6-16)11-12-28(15)23(31)21(29)18-8-7-17(13-19(18)24)20-9-10-25-26-20/h2-8,13,15,25H,11-12,14,24H2,1H3/t15-/m1/s1. The summed E-state index contributed by atoms with van der Waals surface area (Å²) in [5.41, 5.74) is 8.17. The summed E-state index contributed by atoms with van der Waals surface area (Å²) in [5.74, 6) is -1.38. The number of nitrogen functional groups attached to an aromatic ring is 1. The van der Waals surface area contributed by atoms with Gasteiger partial charge in [-0.3, -0.25) is 14.4 Å². The molecule has 1 aliphatic rings. The number of hydrogen-bond acceptors (Lipinski definition) is 5. The molecule has 0 radical (unpaired) electrons. The summed E-state index contributed by atoms with van der Waals surface area (Å²) in [6, 6.07) is 16.3. The number of carbonyl (C=O) groups is 3. The van der Waals surface area contributed by atoms with Crippen molar-refractivity contribution >= 4 is 23.3 Å². The number of Topliss-reactive ketones (excluding diaryl/α,β-unsaturated/α-hetero) is 1. The van der Waals surface area contributed by atoms with Gasteiger partial charge in [-0.05, 0) is 37.3 Å². The zero-order valence-corrected chi connectivity index (χ0v) is 17.0. The monoisotopic (exact) mass is 415 g/mol. The molecule has 31 heavy (non-hydrogen) atoms. The van der Waals surface area contributed by atoms with Crippen molar-refractivity contribution in [2.75, 3.05) is 25.4 Å². The topological polar surface area (TPSA) is 112 Å². The maximum atomic E-state index is 12.9. The molecule has 1 aromatic heterocycles. The van der Waals surface area contributed by atoms with Crippen molar-refractivity contribution in [3.63, 3.8) is 0 Å². The first kappa shape index (κ1) is 20.2. The molecule has 156 valence electrons. The maximum absolute atomic E-state index is 12.9. The fraction of sp³-hybridized carbons (Fsp3) is 0.217. The summed E-state index contributed by atoms with van der Waals surface area (Å²) in [5, 5.41) is 6.53. The van der Waals surface area contributed by atoms with Crippen LogP contribution in [-0.4, -0.2) is 63.3 Å². The molecule has 0 saturated carbocycles. The van der Waals surface area contributed by atoms with E-state index < -0.39 is 11.7 Å². The molecule has 0 aliphatic carbocycles. The van der Waals surface area contributed by atoms with Gasteiger partial charge in [0.15, 0.2) is 0 Å². The van der Waals surface area contributed by atoms with Crippen LogP contribution in [0.3, 0.4) is 0 Å². The molecule has 1 saturated heterocycles. The molecule has 1 aliphatic heterocycles. The average Bonchev–Trinajstić information content (AvgIpc) is 3.33. The molecular formula is C23H21N5O3. The fourth-order valence-corrected chi connectivity index (χ4v) is 3.71. The van der Waals surface area contributed by atoms with Crippen LogP contribution in [0.5, 0.6) is 0 Å². The minimum absolute atomic E-state index is 0.0851. The molecule has 4 rings (SSSR count). The van der Waals surface area contributed by atoms with Crippen LogP contribution in [0.15, 0.2) is 48.5 Å². The molecule has 2 heterocycles. The molecule has 2 amide bonds. The SMILES string of the molecule is C[C@@H]1CN(C(=O)c2ccccc2)CCN1C(=O)C(=O)c1ccc(-c2c#c[nH]n2)cc1N. The van der Waals surface area contributed by atoms with E-state index in [1.54, 1.807) is 29.2 Å². The predicted octanol–water partition coefficient (Wildman–Crippen LogP) is 1.82. The lowest BCUT2D eigenvalue weighted by Crippen LogP contribution is -2.56. The maximum Gasteiger partial charge on any atom is 0.295 e. The van der Waals surface area contributed by atoms with Gasteiger partial charge in [-0.15, -0.1) is 0 Å². The number of hydrogen-bond donors (Lipinski definition) is 2. The molecule has 0 spiro atoms. The highest BCUT2D eigenvalue weighted by molar-refractivity contribution is 6.43. The Morgan fingerprint density at radius 2 is 1.90 bits per heavy atom. The lowest BCUT2D eigenvalue weighted by Gasteiger charge is -2.39. The number of carbonyl (C=O) groups excluding carboxylic acids is 3. The first-order valence-electron chi connectivity index (χ1n) is 9.89. The zero-order chi connectivity index (χ0) is 22.0. The number of nitrogens with zero attached hydrogens (tertiary/aromatic N) is 3. The van der Waals surface area contributed by atoms with Gasteiger partial charge >= 0.3 is 0 Å². The van der Waals surface area contributed by atoms with Gasteiger partial charge in [0.05, 0.1) is 5.56 Å². The van der Waals surface area contributed by atoms with Crippen molar-refractivity contribution in [3.8, 4) is 11.3 Å². The second-order valence-corrected chi connectivity index (χ2v) is 7.42. The molecule has 1 atom stereocenters. The lowest BCUT2D eigenvalue weighted by molar-refractivity contribution is -0.130. The molecule has 2 aromatic carbocycles. The normalized spacial score (nSPS) is 16.0. The van der Waals surface area contributed by atoms with Gasteiger partial charge in [0.1, 0.15) is 5.69 Å². The van der Waals surface area contributed by atoms with Gasteiger partial charge < -0.3 is 15.5 Å². The molecule has 1 fully saturated rings. The molecule has 3 N–H and O–H groups in total. The quantitative estimate of drug-likeness (QED) is 0.383. The summed E-state index contributed by atoms with van der Waals surface area (Å²) >= 11 is 0. The van der Waals surface area contributed by atoms with Crippen molar-refractivity contribution in [2.24, 2.45) is 0 Å². The van der Waals surface area contributed by atoms with Gasteiger partial charge in [-0.25, -0.2) is 5.10 Å². The van der Waals surface area contributed by atoms with E-state index in [2.05, 4.69) is 22.5 Å². The van der Waals surface area contributed by atoms with Gasteiger partial charge in [-0.2, -0.15) is 5.10 Å². The minimum atomic E-state index is -0.670. The smallest absolute Gasteiger partial charge is 0.295 e. The van der Waals surface area contributed by atoms with Crippen molar-refractivity contribution in [2.45, 2.75) is 13.0 Å². The van der Waals surface area contributed by atoms with Crippen LogP contribution in [0.25, 0.3) is 11.3 Å². The Morgan fingerprint density at radius 1 is 1.13 bits per heavy atom. The van der Waals surface area contributed by atoms with Gasteiger partial charge in [0, 0.05) is 48.7 Å². The Morgan fingerprint density at radius 3 is 2.55 bits per heavy atom. The highest BCUT2D eigenvalue weighted by Crippen LogP contribution is 2.23. The van der Waals surface area contributed by atoms with Crippen molar-refractivity contribution in [1.29, 1.82) is 0 Å².